The van der Waals surface area contributed by atoms with E-state index in [1.54, 1.807) is 0 Å². The summed E-state index contributed by atoms with van der Waals surface area (Å²) in [5.41, 5.74) is 0.0845. The van der Waals surface area contributed by atoms with Crippen LogP contribution in [0, 0.1) is 0 Å². The smallest absolute Gasteiger partial charge is 0.150 e. The summed E-state index contributed by atoms with van der Waals surface area (Å²) in [5, 5.41) is 2.64. The first-order valence-corrected chi connectivity index (χ1v) is 2.97. The van der Waals surface area contributed by atoms with Crippen molar-refractivity contribution in [1.29, 1.82) is 0 Å². The molecule has 1 fully saturated rings. The number of hydrogen-bond donors (Lipinski definition) is 1. The number of rotatable bonds is 0. The van der Waals surface area contributed by atoms with E-state index in [2.05, 4.69) is 5.32 Å². The van der Waals surface area contributed by atoms with Gasteiger partial charge in [-0.05, 0) is 12.8 Å². The van der Waals surface area contributed by atoms with Crippen LogP contribution in [0.15, 0.2) is 5.70 Å². The lowest BCUT2D eigenvalue weighted by Crippen LogP contribution is -2.28. The molecule has 3 heteroatoms. The lowest BCUT2D eigenvalue weighted by molar-refractivity contribution is 0.313. The molecule has 0 bridgehead atoms. The molecule has 1 aliphatic rings. The Hall–Kier alpha value is -0.820. The summed E-state index contributed by atoms with van der Waals surface area (Å²) in [4.78, 5) is 9.91. The molecule has 1 saturated heterocycles. The lowest BCUT2D eigenvalue weighted by atomic mass is 10.1. The van der Waals surface area contributed by atoms with Crippen LogP contribution in [0.3, 0.4) is 0 Å². The molecule has 1 aliphatic heterocycles. The number of carbonyl (C=O) groups excluding carboxylic acids is 1. The van der Waals surface area contributed by atoms with Crippen molar-refractivity contribution >= 4 is 5.94 Å². The van der Waals surface area contributed by atoms with Gasteiger partial charge in [0, 0.05) is 6.54 Å². The van der Waals surface area contributed by atoms with Gasteiger partial charge in [-0.3, -0.25) is 0 Å². The van der Waals surface area contributed by atoms with Crippen LogP contribution in [-0.2, 0) is 4.79 Å². The molecule has 50 valence electrons. The van der Waals surface area contributed by atoms with E-state index in [9.17, 15) is 9.18 Å². The molecular formula is C6H8FNO. The maximum atomic E-state index is 12.5. The molecule has 0 radical (unpaired) electrons. The summed E-state index contributed by atoms with van der Waals surface area (Å²) in [6.45, 7) is 0.699. The predicted octanol–water partition coefficient (Wildman–Crippen LogP) is 0.423. The molecule has 1 heterocycles. The first-order valence-electron chi connectivity index (χ1n) is 2.97. The number of alkyl halides is 1. The Morgan fingerprint density at radius 3 is 3.00 bits per heavy atom. The SMILES string of the molecule is O=C=C1NCCCC1F. The summed E-state index contributed by atoms with van der Waals surface area (Å²) in [6, 6.07) is 0. The number of nitrogens with one attached hydrogen (secondary N) is 1. The maximum Gasteiger partial charge on any atom is 0.150 e. The van der Waals surface area contributed by atoms with Gasteiger partial charge in [-0.2, -0.15) is 0 Å². The molecule has 0 spiro atoms. The Morgan fingerprint density at radius 2 is 2.56 bits per heavy atom. The Balaban J connectivity index is 2.59. The van der Waals surface area contributed by atoms with E-state index in [1.165, 1.54) is 5.94 Å². The van der Waals surface area contributed by atoms with Crippen molar-refractivity contribution in [3.63, 3.8) is 0 Å². The minimum Gasteiger partial charge on any atom is -0.377 e. The van der Waals surface area contributed by atoms with Gasteiger partial charge >= 0.3 is 0 Å². The zero-order valence-electron chi connectivity index (χ0n) is 4.98. The molecule has 0 aromatic heterocycles. The zero-order valence-corrected chi connectivity index (χ0v) is 4.98. The van der Waals surface area contributed by atoms with Gasteiger partial charge in [0.15, 0.2) is 6.17 Å². The second-order valence-corrected chi connectivity index (χ2v) is 2.05. The average molecular weight is 129 g/mol. The van der Waals surface area contributed by atoms with Crippen LogP contribution in [0.2, 0.25) is 0 Å². The molecule has 1 unspecified atom stereocenters. The van der Waals surface area contributed by atoms with Gasteiger partial charge in [-0.15, -0.1) is 0 Å². The highest BCUT2D eigenvalue weighted by molar-refractivity contribution is 5.53. The van der Waals surface area contributed by atoms with E-state index in [0.29, 0.717) is 13.0 Å². The minimum atomic E-state index is -1.10. The van der Waals surface area contributed by atoms with E-state index in [0.717, 1.165) is 6.42 Å². The molecule has 2 nitrogen and oxygen atoms in total. The van der Waals surface area contributed by atoms with Crippen molar-refractivity contribution in [3.8, 4) is 0 Å². The van der Waals surface area contributed by atoms with Gasteiger partial charge < -0.3 is 5.32 Å². The third-order valence-corrected chi connectivity index (χ3v) is 1.37. The van der Waals surface area contributed by atoms with Gasteiger partial charge in [0.1, 0.15) is 11.6 Å². The van der Waals surface area contributed by atoms with Gasteiger partial charge in [-0.1, -0.05) is 0 Å². The van der Waals surface area contributed by atoms with Crippen molar-refractivity contribution < 1.29 is 9.18 Å². The Labute approximate surface area is 52.7 Å². The number of piperidine rings is 1. The summed E-state index contributed by atoms with van der Waals surface area (Å²) in [7, 11) is 0. The number of allylic oxidation sites excluding steroid dienone is 1. The third-order valence-electron chi connectivity index (χ3n) is 1.37. The van der Waals surface area contributed by atoms with Crippen LogP contribution >= 0.6 is 0 Å². The van der Waals surface area contributed by atoms with E-state index in [4.69, 9.17) is 0 Å². The Morgan fingerprint density at radius 1 is 1.78 bits per heavy atom. The summed E-state index contributed by atoms with van der Waals surface area (Å²) in [6.07, 6.45) is 0.153. The van der Waals surface area contributed by atoms with Crippen molar-refractivity contribution in [2.75, 3.05) is 6.54 Å². The fraction of sp³-hybridized carbons (Fsp3) is 0.667. The third kappa shape index (κ3) is 1.30. The molecule has 1 N–H and O–H groups in total. The molecule has 1 atom stereocenters. The van der Waals surface area contributed by atoms with Crippen LogP contribution in [0.4, 0.5) is 4.39 Å². The van der Waals surface area contributed by atoms with E-state index >= 15 is 0 Å². The molecular weight excluding hydrogens is 121 g/mol. The van der Waals surface area contributed by atoms with Gasteiger partial charge in [-0.25, -0.2) is 9.18 Å². The molecule has 0 aromatic carbocycles. The molecule has 9 heavy (non-hydrogen) atoms. The summed E-state index contributed by atoms with van der Waals surface area (Å²) >= 11 is 0. The second-order valence-electron chi connectivity index (χ2n) is 2.05. The van der Waals surface area contributed by atoms with Crippen LogP contribution in [0.5, 0.6) is 0 Å². The van der Waals surface area contributed by atoms with Crippen molar-refractivity contribution in [2.24, 2.45) is 0 Å². The average Bonchev–Trinajstić information content (AvgIpc) is 1.89. The van der Waals surface area contributed by atoms with E-state index in [1.807, 2.05) is 0 Å². The standard InChI is InChI=1S/C6H8FNO/c7-5-2-1-3-8-6(5)4-9/h5,8H,1-3H2. The highest BCUT2D eigenvalue weighted by atomic mass is 19.1. The first kappa shape index (κ1) is 6.30. The predicted molar refractivity (Wildman–Crippen MR) is 31.3 cm³/mol. The van der Waals surface area contributed by atoms with Crippen molar-refractivity contribution in [3.05, 3.63) is 5.70 Å². The van der Waals surface area contributed by atoms with Crippen LogP contribution in [0.25, 0.3) is 0 Å². The minimum absolute atomic E-state index is 0.0845. The van der Waals surface area contributed by atoms with Crippen LogP contribution < -0.4 is 5.32 Å². The number of hydrogen-bond acceptors (Lipinski definition) is 2. The molecule has 0 aliphatic carbocycles. The molecule has 1 rings (SSSR count). The Kier molecular flexibility index (Phi) is 1.85. The Bertz CT molecular complexity index is 151. The monoisotopic (exact) mass is 129 g/mol. The summed E-state index contributed by atoms with van der Waals surface area (Å²) < 4.78 is 12.5. The van der Waals surface area contributed by atoms with Gasteiger partial charge in [0.05, 0.1) is 0 Å². The normalized spacial score (nSPS) is 26.8. The van der Waals surface area contributed by atoms with Crippen molar-refractivity contribution in [2.45, 2.75) is 19.0 Å². The molecule has 0 amide bonds. The maximum absolute atomic E-state index is 12.5. The van der Waals surface area contributed by atoms with Crippen LogP contribution in [0.1, 0.15) is 12.8 Å². The molecule has 0 saturated carbocycles. The van der Waals surface area contributed by atoms with Crippen molar-refractivity contribution in [1.82, 2.24) is 5.32 Å². The quantitative estimate of drug-likeness (QED) is 0.480. The number of halogens is 1. The molecule has 0 aromatic rings. The fourth-order valence-electron chi connectivity index (χ4n) is 0.859. The second kappa shape index (κ2) is 2.65. The largest absolute Gasteiger partial charge is 0.377 e. The van der Waals surface area contributed by atoms with Gasteiger partial charge in [0.25, 0.3) is 0 Å². The van der Waals surface area contributed by atoms with Gasteiger partial charge in [0.2, 0.25) is 0 Å². The topological polar surface area (TPSA) is 29.1 Å². The van der Waals surface area contributed by atoms with E-state index < -0.39 is 6.17 Å². The highest BCUT2D eigenvalue weighted by Crippen LogP contribution is 2.12. The van der Waals surface area contributed by atoms with E-state index in [-0.39, 0.29) is 5.70 Å². The fourth-order valence-corrected chi connectivity index (χ4v) is 0.859. The summed E-state index contributed by atoms with van der Waals surface area (Å²) in [5.74, 6) is 1.53. The lowest BCUT2D eigenvalue weighted by Gasteiger charge is -2.16. The zero-order chi connectivity index (χ0) is 6.69. The van der Waals surface area contributed by atoms with Crippen LogP contribution in [-0.4, -0.2) is 18.7 Å². The first-order chi connectivity index (χ1) is 4.34. The highest BCUT2D eigenvalue weighted by Gasteiger charge is 2.17.